The Morgan fingerprint density at radius 2 is 2.18 bits per heavy atom. The molecule has 5 heteroatoms. The molecule has 1 unspecified atom stereocenters. The third-order valence-corrected chi connectivity index (χ3v) is 4.45. The van der Waals surface area contributed by atoms with Gasteiger partial charge in [0.15, 0.2) is 0 Å². The van der Waals surface area contributed by atoms with E-state index in [0.29, 0.717) is 26.3 Å². The summed E-state index contributed by atoms with van der Waals surface area (Å²) in [5.41, 5.74) is 0.965. The van der Waals surface area contributed by atoms with Gasteiger partial charge in [0.05, 0.1) is 25.8 Å². The third-order valence-electron chi connectivity index (χ3n) is 4.45. The van der Waals surface area contributed by atoms with Crippen molar-refractivity contribution in [3.05, 3.63) is 30.1 Å². The lowest BCUT2D eigenvalue weighted by atomic mass is 9.84. The topological polar surface area (TPSA) is 51.7 Å². The number of carbonyl (C=O) groups is 1. The van der Waals surface area contributed by atoms with E-state index in [4.69, 9.17) is 9.47 Å². The predicted octanol–water partition coefficient (Wildman–Crippen LogP) is 2.01. The van der Waals surface area contributed by atoms with Crippen LogP contribution in [0.5, 0.6) is 0 Å². The van der Waals surface area contributed by atoms with Crippen LogP contribution in [0.15, 0.2) is 24.5 Å². The van der Waals surface area contributed by atoms with Crippen LogP contribution in [0.1, 0.15) is 32.3 Å². The molecule has 0 N–H and O–H groups in total. The van der Waals surface area contributed by atoms with Crippen LogP contribution >= 0.6 is 0 Å². The quantitative estimate of drug-likeness (QED) is 0.854. The van der Waals surface area contributed by atoms with E-state index in [1.807, 2.05) is 30.9 Å². The summed E-state index contributed by atoms with van der Waals surface area (Å²) >= 11 is 0. The van der Waals surface area contributed by atoms with Crippen molar-refractivity contribution in [2.45, 2.75) is 45.0 Å². The van der Waals surface area contributed by atoms with Crippen molar-refractivity contribution >= 4 is 5.91 Å². The molecule has 2 saturated heterocycles. The molecular weight excluding hydrogens is 280 g/mol. The van der Waals surface area contributed by atoms with Crippen molar-refractivity contribution in [1.29, 1.82) is 0 Å². The Hall–Kier alpha value is -1.46. The number of nitrogens with zero attached hydrogens (tertiary/aromatic N) is 2. The summed E-state index contributed by atoms with van der Waals surface area (Å²) in [5, 5.41) is 0. The van der Waals surface area contributed by atoms with E-state index in [-0.39, 0.29) is 23.5 Å². The summed E-state index contributed by atoms with van der Waals surface area (Å²) in [5.74, 6) is 0.272. The van der Waals surface area contributed by atoms with Crippen LogP contribution < -0.4 is 0 Å². The maximum absolute atomic E-state index is 12.0. The minimum atomic E-state index is -0.175. The van der Waals surface area contributed by atoms with Gasteiger partial charge < -0.3 is 14.4 Å². The zero-order chi connectivity index (χ0) is 15.6. The van der Waals surface area contributed by atoms with Crippen LogP contribution in [0.2, 0.25) is 0 Å². The monoisotopic (exact) mass is 304 g/mol. The first-order valence-electron chi connectivity index (χ1n) is 8.01. The largest absolute Gasteiger partial charge is 0.373 e. The summed E-state index contributed by atoms with van der Waals surface area (Å²) in [4.78, 5) is 17.9. The van der Waals surface area contributed by atoms with Gasteiger partial charge in [-0.05, 0) is 24.1 Å². The van der Waals surface area contributed by atoms with E-state index in [9.17, 15) is 4.79 Å². The number of carbonyl (C=O) groups excluding carboxylic acids is 1. The van der Waals surface area contributed by atoms with Gasteiger partial charge in [-0.3, -0.25) is 9.78 Å². The van der Waals surface area contributed by atoms with Crippen molar-refractivity contribution in [3.63, 3.8) is 0 Å². The number of amides is 1. The molecule has 1 amide bonds. The van der Waals surface area contributed by atoms with Crippen LogP contribution in [-0.2, 0) is 20.9 Å². The first kappa shape index (κ1) is 15.4. The molecule has 1 atom stereocenters. The van der Waals surface area contributed by atoms with E-state index in [2.05, 4.69) is 4.98 Å². The van der Waals surface area contributed by atoms with Crippen LogP contribution in [-0.4, -0.2) is 47.2 Å². The summed E-state index contributed by atoms with van der Waals surface area (Å²) in [6, 6.07) is 3.95. The van der Waals surface area contributed by atoms with E-state index in [1.165, 1.54) is 0 Å². The zero-order valence-electron chi connectivity index (χ0n) is 13.3. The van der Waals surface area contributed by atoms with E-state index in [0.717, 1.165) is 18.4 Å². The van der Waals surface area contributed by atoms with E-state index >= 15 is 0 Å². The van der Waals surface area contributed by atoms with Gasteiger partial charge in [-0.25, -0.2) is 0 Å². The van der Waals surface area contributed by atoms with Crippen LogP contribution in [0.3, 0.4) is 0 Å². The van der Waals surface area contributed by atoms with Crippen molar-refractivity contribution in [2.75, 3.05) is 19.7 Å². The van der Waals surface area contributed by atoms with Gasteiger partial charge in [0.2, 0.25) is 5.91 Å². The first-order valence-corrected chi connectivity index (χ1v) is 8.01. The average Bonchev–Trinajstić information content (AvgIpc) is 2.51. The molecule has 0 aliphatic carbocycles. The molecule has 120 valence electrons. The molecule has 0 bridgehead atoms. The fourth-order valence-corrected chi connectivity index (χ4v) is 3.21. The lowest BCUT2D eigenvalue weighted by Gasteiger charge is -2.53. The van der Waals surface area contributed by atoms with Crippen molar-refractivity contribution in [1.82, 2.24) is 9.88 Å². The highest BCUT2D eigenvalue weighted by molar-refractivity contribution is 5.79. The van der Waals surface area contributed by atoms with Crippen LogP contribution in [0, 0.1) is 5.92 Å². The first-order chi connectivity index (χ1) is 10.6. The van der Waals surface area contributed by atoms with Gasteiger partial charge >= 0.3 is 0 Å². The number of likely N-dealkylation sites (tertiary alicyclic amines) is 1. The predicted molar refractivity (Wildman–Crippen MR) is 82.1 cm³/mol. The zero-order valence-corrected chi connectivity index (χ0v) is 13.3. The molecule has 22 heavy (non-hydrogen) atoms. The van der Waals surface area contributed by atoms with Crippen molar-refractivity contribution in [2.24, 2.45) is 5.92 Å². The number of aromatic nitrogens is 1. The molecule has 3 rings (SSSR count). The Morgan fingerprint density at radius 1 is 1.45 bits per heavy atom. The molecule has 0 saturated carbocycles. The molecular formula is C17H24N2O3. The molecule has 1 aromatic rings. The fourth-order valence-electron chi connectivity index (χ4n) is 3.21. The number of rotatable bonds is 4. The number of hydrogen-bond donors (Lipinski definition) is 0. The van der Waals surface area contributed by atoms with Crippen molar-refractivity contribution < 1.29 is 14.3 Å². The SMILES string of the molecule is CC(C)C(=O)N1CC2(CC(OCc3ccncc3)CCO2)C1. The van der Waals surface area contributed by atoms with Gasteiger partial charge in [0.25, 0.3) is 0 Å². The average molecular weight is 304 g/mol. The molecule has 1 spiro atoms. The maximum atomic E-state index is 12.0. The van der Waals surface area contributed by atoms with Gasteiger partial charge in [0, 0.05) is 31.3 Å². The van der Waals surface area contributed by atoms with E-state index in [1.54, 1.807) is 12.4 Å². The highest BCUT2D eigenvalue weighted by atomic mass is 16.5. The number of hydrogen-bond acceptors (Lipinski definition) is 4. The van der Waals surface area contributed by atoms with Crippen LogP contribution in [0.4, 0.5) is 0 Å². The van der Waals surface area contributed by atoms with E-state index < -0.39 is 0 Å². The third kappa shape index (κ3) is 3.31. The molecule has 2 aliphatic rings. The second-order valence-corrected chi connectivity index (χ2v) is 6.66. The summed E-state index contributed by atoms with van der Waals surface area (Å²) in [6.45, 7) is 6.62. The Kier molecular flexibility index (Phi) is 4.45. The van der Waals surface area contributed by atoms with Gasteiger partial charge in [-0.15, -0.1) is 0 Å². The highest BCUT2D eigenvalue weighted by Crippen LogP contribution is 2.36. The lowest BCUT2D eigenvalue weighted by Crippen LogP contribution is -2.67. The Balaban J connectivity index is 1.49. The smallest absolute Gasteiger partial charge is 0.225 e. The Labute approximate surface area is 131 Å². The molecule has 2 fully saturated rings. The number of ether oxygens (including phenoxy) is 2. The van der Waals surface area contributed by atoms with Gasteiger partial charge in [-0.1, -0.05) is 13.8 Å². The second kappa shape index (κ2) is 6.34. The molecule has 1 aromatic heterocycles. The highest BCUT2D eigenvalue weighted by Gasteiger charge is 2.49. The van der Waals surface area contributed by atoms with Gasteiger partial charge in [-0.2, -0.15) is 0 Å². The molecule has 0 radical (unpaired) electrons. The normalized spacial score (nSPS) is 23.6. The van der Waals surface area contributed by atoms with Crippen molar-refractivity contribution in [3.8, 4) is 0 Å². The molecule has 0 aromatic carbocycles. The second-order valence-electron chi connectivity index (χ2n) is 6.66. The lowest BCUT2D eigenvalue weighted by molar-refractivity contribution is -0.204. The minimum absolute atomic E-state index is 0.0553. The minimum Gasteiger partial charge on any atom is -0.373 e. The Bertz CT molecular complexity index is 512. The number of pyridine rings is 1. The standard InChI is InChI=1S/C17H24N2O3/c1-13(2)16(20)19-11-17(12-19)9-15(5-8-22-17)21-10-14-3-6-18-7-4-14/h3-4,6-7,13,15H,5,8-12H2,1-2H3. The molecule has 2 aliphatic heterocycles. The molecule has 5 nitrogen and oxygen atoms in total. The summed E-state index contributed by atoms with van der Waals surface area (Å²) in [7, 11) is 0. The Morgan fingerprint density at radius 3 is 2.86 bits per heavy atom. The summed E-state index contributed by atoms with van der Waals surface area (Å²) in [6.07, 6.45) is 5.57. The van der Waals surface area contributed by atoms with Crippen LogP contribution in [0.25, 0.3) is 0 Å². The fraction of sp³-hybridized carbons (Fsp3) is 0.647. The molecule has 3 heterocycles. The van der Waals surface area contributed by atoms with Gasteiger partial charge in [0.1, 0.15) is 5.60 Å². The summed E-state index contributed by atoms with van der Waals surface area (Å²) < 4.78 is 12.0. The maximum Gasteiger partial charge on any atom is 0.225 e.